The van der Waals surface area contributed by atoms with Gasteiger partial charge >= 0.3 is 0 Å². The van der Waals surface area contributed by atoms with Crippen LogP contribution >= 0.6 is 11.3 Å². The number of hydrogen-bond acceptors (Lipinski definition) is 3. The Balaban J connectivity index is 2.51. The van der Waals surface area contributed by atoms with Crippen molar-refractivity contribution >= 4 is 17.2 Å². The Morgan fingerprint density at radius 1 is 1.71 bits per heavy atom. The van der Waals surface area contributed by atoms with Crippen LogP contribution in [0, 0.1) is 0 Å². The number of hydrogen-bond donors (Lipinski definition) is 2. The number of amides is 1. The first kappa shape index (κ1) is 11.2. The average molecular weight is 212 g/mol. The fourth-order valence-corrected chi connectivity index (χ4v) is 2.12. The highest BCUT2D eigenvalue weighted by molar-refractivity contribution is 7.10. The van der Waals surface area contributed by atoms with Gasteiger partial charge in [0.1, 0.15) is 0 Å². The van der Waals surface area contributed by atoms with E-state index in [2.05, 4.69) is 12.2 Å². The molecule has 0 aliphatic carbocycles. The molecule has 1 aromatic heterocycles. The molecule has 4 heteroatoms. The van der Waals surface area contributed by atoms with Crippen LogP contribution in [0.1, 0.15) is 30.7 Å². The highest BCUT2D eigenvalue weighted by Gasteiger charge is 2.12. The van der Waals surface area contributed by atoms with Crippen molar-refractivity contribution in [3.05, 3.63) is 22.4 Å². The second-order valence-corrected chi connectivity index (χ2v) is 4.06. The van der Waals surface area contributed by atoms with Gasteiger partial charge < -0.3 is 11.1 Å². The minimum atomic E-state index is 0.0350. The zero-order valence-electron chi connectivity index (χ0n) is 8.32. The van der Waals surface area contributed by atoms with Crippen molar-refractivity contribution in [3.8, 4) is 0 Å². The van der Waals surface area contributed by atoms with Crippen LogP contribution in [-0.4, -0.2) is 12.5 Å². The van der Waals surface area contributed by atoms with E-state index in [1.54, 1.807) is 11.3 Å². The zero-order chi connectivity index (χ0) is 10.4. The van der Waals surface area contributed by atoms with Crippen molar-refractivity contribution < 1.29 is 4.79 Å². The number of rotatable bonds is 5. The molecule has 0 radical (unpaired) electrons. The van der Waals surface area contributed by atoms with Gasteiger partial charge in [0.15, 0.2) is 0 Å². The monoisotopic (exact) mass is 212 g/mol. The molecule has 14 heavy (non-hydrogen) atoms. The average Bonchev–Trinajstić information content (AvgIpc) is 2.67. The molecular formula is C10H16N2OS. The lowest BCUT2D eigenvalue weighted by Gasteiger charge is -2.14. The first-order valence-corrected chi connectivity index (χ1v) is 5.68. The molecule has 0 bridgehead atoms. The van der Waals surface area contributed by atoms with Gasteiger partial charge in [-0.15, -0.1) is 11.3 Å². The minimum absolute atomic E-state index is 0.0350. The summed E-state index contributed by atoms with van der Waals surface area (Å²) in [6.07, 6.45) is 1.32. The molecule has 0 aliphatic heterocycles. The summed E-state index contributed by atoms with van der Waals surface area (Å²) in [6, 6.07) is 4.19. The van der Waals surface area contributed by atoms with E-state index in [1.165, 1.54) is 4.88 Å². The summed E-state index contributed by atoms with van der Waals surface area (Å²) in [5.41, 5.74) is 5.31. The molecule has 0 aromatic carbocycles. The summed E-state index contributed by atoms with van der Waals surface area (Å²) in [6.45, 7) is 2.47. The van der Waals surface area contributed by atoms with Crippen LogP contribution in [-0.2, 0) is 4.79 Å². The molecule has 0 spiro atoms. The SMILES string of the molecule is CCC(NC(=O)CCN)c1cccs1. The fourth-order valence-electron chi connectivity index (χ4n) is 1.26. The first-order valence-electron chi connectivity index (χ1n) is 4.80. The van der Waals surface area contributed by atoms with Crippen molar-refractivity contribution in [2.45, 2.75) is 25.8 Å². The molecule has 3 nitrogen and oxygen atoms in total. The van der Waals surface area contributed by atoms with Gasteiger partial charge in [0.25, 0.3) is 0 Å². The Hall–Kier alpha value is -0.870. The largest absolute Gasteiger partial charge is 0.348 e. The molecule has 0 saturated heterocycles. The predicted molar refractivity (Wildman–Crippen MR) is 59.2 cm³/mol. The van der Waals surface area contributed by atoms with Crippen molar-refractivity contribution in [1.29, 1.82) is 0 Å². The molecule has 3 N–H and O–H groups in total. The van der Waals surface area contributed by atoms with Crippen LogP contribution in [0.25, 0.3) is 0 Å². The number of nitrogens with one attached hydrogen (secondary N) is 1. The number of nitrogens with two attached hydrogens (primary N) is 1. The summed E-state index contributed by atoms with van der Waals surface area (Å²) >= 11 is 1.67. The van der Waals surface area contributed by atoms with Gasteiger partial charge in [0.05, 0.1) is 6.04 Å². The van der Waals surface area contributed by atoms with Crippen LogP contribution in [0.3, 0.4) is 0 Å². The third-order valence-corrected chi connectivity index (χ3v) is 2.99. The molecule has 78 valence electrons. The summed E-state index contributed by atoms with van der Waals surface area (Å²) in [7, 11) is 0. The second-order valence-electron chi connectivity index (χ2n) is 3.08. The van der Waals surface area contributed by atoms with E-state index < -0.39 is 0 Å². The van der Waals surface area contributed by atoms with Crippen molar-refractivity contribution in [3.63, 3.8) is 0 Å². The van der Waals surface area contributed by atoms with Gasteiger partial charge in [-0.3, -0.25) is 4.79 Å². The van der Waals surface area contributed by atoms with E-state index >= 15 is 0 Å². The van der Waals surface area contributed by atoms with Crippen LogP contribution in [0.4, 0.5) is 0 Å². The van der Waals surface area contributed by atoms with Crippen LogP contribution in [0.5, 0.6) is 0 Å². The maximum absolute atomic E-state index is 11.3. The van der Waals surface area contributed by atoms with E-state index in [1.807, 2.05) is 17.5 Å². The summed E-state index contributed by atoms with van der Waals surface area (Å²) in [5, 5.41) is 4.98. The quantitative estimate of drug-likeness (QED) is 0.780. The van der Waals surface area contributed by atoms with Crippen LogP contribution in [0.2, 0.25) is 0 Å². The topological polar surface area (TPSA) is 55.1 Å². The highest BCUT2D eigenvalue weighted by atomic mass is 32.1. The Bertz CT molecular complexity index is 272. The van der Waals surface area contributed by atoms with E-state index in [4.69, 9.17) is 5.73 Å². The molecular weight excluding hydrogens is 196 g/mol. The molecule has 1 rings (SSSR count). The van der Waals surface area contributed by atoms with E-state index in [-0.39, 0.29) is 11.9 Å². The standard InChI is InChI=1S/C10H16N2OS/c1-2-8(9-4-3-7-14-9)12-10(13)5-6-11/h3-4,7-8H,2,5-6,11H2,1H3,(H,12,13). The smallest absolute Gasteiger partial charge is 0.221 e. The summed E-state index contributed by atoms with van der Waals surface area (Å²) in [5.74, 6) is 0.0350. The molecule has 1 amide bonds. The lowest BCUT2D eigenvalue weighted by molar-refractivity contribution is -0.121. The third kappa shape index (κ3) is 3.12. The van der Waals surface area contributed by atoms with Gasteiger partial charge in [-0.05, 0) is 17.9 Å². The van der Waals surface area contributed by atoms with Crippen molar-refractivity contribution in [2.75, 3.05) is 6.54 Å². The second kappa shape index (κ2) is 5.78. The normalized spacial score (nSPS) is 12.4. The molecule has 0 saturated carbocycles. The lowest BCUT2D eigenvalue weighted by atomic mass is 10.2. The van der Waals surface area contributed by atoms with E-state index in [0.29, 0.717) is 13.0 Å². The van der Waals surface area contributed by atoms with Crippen LogP contribution in [0.15, 0.2) is 17.5 Å². The van der Waals surface area contributed by atoms with Gasteiger partial charge in [-0.2, -0.15) is 0 Å². The van der Waals surface area contributed by atoms with E-state index in [0.717, 1.165) is 6.42 Å². The molecule has 1 atom stereocenters. The number of thiophene rings is 1. The van der Waals surface area contributed by atoms with Crippen molar-refractivity contribution in [2.24, 2.45) is 5.73 Å². The molecule has 1 aromatic rings. The maximum atomic E-state index is 11.3. The molecule has 0 fully saturated rings. The van der Waals surface area contributed by atoms with Gasteiger partial charge in [-0.25, -0.2) is 0 Å². The number of carbonyl (C=O) groups excluding carboxylic acids is 1. The van der Waals surface area contributed by atoms with Gasteiger partial charge in [0.2, 0.25) is 5.91 Å². The molecule has 1 heterocycles. The molecule has 1 unspecified atom stereocenters. The fraction of sp³-hybridized carbons (Fsp3) is 0.500. The van der Waals surface area contributed by atoms with Gasteiger partial charge in [0, 0.05) is 17.8 Å². The molecule has 0 aliphatic rings. The predicted octanol–water partition coefficient (Wildman–Crippen LogP) is 1.66. The zero-order valence-corrected chi connectivity index (χ0v) is 9.14. The Kier molecular flexibility index (Phi) is 4.62. The maximum Gasteiger partial charge on any atom is 0.221 e. The first-order chi connectivity index (χ1) is 6.77. The minimum Gasteiger partial charge on any atom is -0.348 e. The third-order valence-electron chi connectivity index (χ3n) is 2.00. The number of carbonyl (C=O) groups is 1. The Morgan fingerprint density at radius 2 is 2.50 bits per heavy atom. The van der Waals surface area contributed by atoms with E-state index in [9.17, 15) is 4.79 Å². The summed E-state index contributed by atoms with van der Waals surface area (Å²) in [4.78, 5) is 12.5. The van der Waals surface area contributed by atoms with Crippen LogP contribution < -0.4 is 11.1 Å². The Labute approximate surface area is 88.3 Å². The van der Waals surface area contributed by atoms with Crippen molar-refractivity contribution in [1.82, 2.24) is 5.32 Å². The summed E-state index contributed by atoms with van der Waals surface area (Å²) < 4.78 is 0. The Morgan fingerprint density at radius 3 is 3.00 bits per heavy atom. The highest BCUT2D eigenvalue weighted by Crippen LogP contribution is 2.21. The van der Waals surface area contributed by atoms with Gasteiger partial charge in [-0.1, -0.05) is 13.0 Å². The lowest BCUT2D eigenvalue weighted by Crippen LogP contribution is -2.29.